The first-order chi connectivity index (χ1) is 11.6. The number of carbonyl (C=O) groups excluding carboxylic acids is 2. The van der Waals surface area contributed by atoms with Crippen LogP contribution in [0.3, 0.4) is 0 Å². The lowest BCUT2D eigenvalue weighted by Crippen LogP contribution is -2.54. The maximum absolute atomic E-state index is 12.7. The maximum Gasteiger partial charge on any atom is 0.245 e. The molecule has 0 bridgehead atoms. The molecular formula is C18H22N4O2. The maximum atomic E-state index is 12.7. The molecule has 6 nitrogen and oxygen atoms in total. The highest BCUT2D eigenvalue weighted by molar-refractivity contribution is 5.88. The van der Waals surface area contributed by atoms with Crippen LogP contribution in [-0.4, -0.2) is 60.4 Å². The van der Waals surface area contributed by atoms with E-state index in [1.54, 1.807) is 4.90 Å². The third-order valence-corrected chi connectivity index (χ3v) is 4.89. The fourth-order valence-electron chi connectivity index (χ4n) is 3.49. The van der Waals surface area contributed by atoms with Crippen molar-refractivity contribution < 1.29 is 9.59 Å². The number of benzene rings is 1. The van der Waals surface area contributed by atoms with E-state index in [1.165, 1.54) is 0 Å². The van der Waals surface area contributed by atoms with Crippen molar-refractivity contribution in [1.82, 2.24) is 9.80 Å². The first kappa shape index (κ1) is 16.3. The van der Waals surface area contributed by atoms with E-state index in [-0.39, 0.29) is 17.9 Å². The number of hydrogen-bond donors (Lipinski definition) is 0. The third kappa shape index (κ3) is 3.07. The molecule has 126 valence electrons. The van der Waals surface area contributed by atoms with Gasteiger partial charge in [0.1, 0.15) is 12.1 Å². The molecule has 0 saturated carbocycles. The SMILES string of the molecule is CC(C(=O)N1CCN(c2ccccc2C#N)CC1)N1CCCC1=O. The van der Waals surface area contributed by atoms with Gasteiger partial charge < -0.3 is 14.7 Å². The molecular weight excluding hydrogens is 304 g/mol. The molecule has 2 heterocycles. The van der Waals surface area contributed by atoms with E-state index in [4.69, 9.17) is 0 Å². The summed E-state index contributed by atoms with van der Waals surface area (Å²) in [6, 6.07) is 9.39. The van der Waals surface area contributed by atoms with Gasteiger partial charge in [-0.15, -0.1) is 0 Å². The van der Waals surface area contributed by atoms with Crippen molar-refractivity contribution >= 4 is 17.5 Å². The van der Waals surface area contributed by atoms with Crippen molar-refractivity contribution in [3.63, 3.8) is 0 Å². The lowest BCUT2D eigenvalue weighted by atomic mass is 10.1. The highest BCUT2D eigenvalue weighted by Crippen LogP contribution is 2.22. The summed E-state index contributed by atoms with van der Waals surface area (Å²) in [5.41, 5.74) is 1.59. The van der Waals surface area contributed by atoms with Crippen LogP contribution in [0.25, 0.3) is 0 Å². The van der Waals surface area contributed by atoms with Crippen LogP contribution in [-0.2, 0) is 9.59 Å². The Balaban J connectivity index is 1.61. The van der Waals surface area contributed by atoms with Gasteiger partial charge in [0.2, 0.25) is 11.8 Å². The van der Waals surface area contributed by atoms with Gasteiger partial charge >= 0.3 is 0 Å². The standard InChI is InChI=1S/C18H22N4O2/c1-14(22-8-4-7-17(22)23)18(24)21-11-9-20(10-12-21)16-6-3-2-5-15(16)13-19/h2-3,5-6,14H,4,7-12H2,1H3. The predicted octanol–water partition coefficient (Wildman–Crippen LogP) is 1.22. The topological polar surface area (TPSA) is 67.7 Å². The van der Waals surface area contributed by atoms with E-state index >= 15 is 0 Å². The second-order valence-corrected chi connectivity index (χ2v) is 6.31. The van der Waals surface area contributed by atoms with Gasteiger partial charge in [0.15, 0.2) is 0 Å². The Kier molecular flexibility index (Phi) is 4.70. The summed E-state index contributed by atoms with van der Waals surface area (Å²) in [7, 11) is 0. The summed E-state index contributed by atoms with van der Waals surface area (Å²) in [4.78, 5) is 30.2. The van der Waals surface area contributed by atoms with Crippen molar-refractivity contribution in [3.05, 3.63) is 29.8 Å². The molecule has 2 saturated heterocycles. The molecule has 6 heteroatoms. The predicted molar refractivity (Wildman–Crippen MR) is 90.4 cm³/mol. The number of amides is 2. The molecule has 2 aliphatic rings. The average molecular weight is 326 g/mol. The molecule has 2 fully saturated rings. The Morgan fingerprint density at radius 2 is 1.88 bits per heavy atom. The quantitative estimate of drug-likeness (QED) is 0.837. The first-order valence-corrected chi connectivity index (χ1v) is 8.44. The molecule has 1 aromatic rings. The Bertz CT molecular complexity index is 674. The molecule has 0 N–H and O–H groups in total. The monoisotopic (exact) mass is 326 g/mol. The number of nitriles is 1. The second-order valence-electron chi connectivity index (χ2n) is 6.31. The molecule has 24 heavy (non-hydrogen) atoms. The minimum absolute atomic E-state index is 0.0264. The van der Waals surface area contributed by atoms with Gasteiger partial charge in [-0.3, -0.25) is 9.59 Å². The number of anilines is 1. The number of rotatable bonds is 3. The van der Waals surface area contributed by atoms with Crippen LogP contribution in [0.5, 0.6) is 0 Å². The summed E-state index contributed by atoms with van der Waals surface area (Å²) in [5, 5.41) is 9.23. The average Bonchev–Trinajstić information content (AvgIpc) is 3.06. The van der Waals surface area contributed by atoms with E-state index in [0.717, 1.165) is 12.1 Å². The summed E-state index contributed by atoms with van der Waals surface area (Å²) < 4.78 is 0. The van der Waals surface area contributed by atoms with E-state index in [1.807, 2.05) is 36.1 Å². The van der Waals surface area contributed by atoms with Gasteiger partial charge in [0.05, 0.1) is 11.3 Å². The van der Waals surface area contributed by atoms with Crippen molar-refractivity contribution in [3.8, 4) is 6.07 Å². The molecule has 1 aromatic carbocycles. The zero-order valence-corrected chi connectivity index (χ0v) is 13.9. The Labute approximate surface area is 142 Å². The lowest BCUT2D eigenvalue weighted by molar-refractivity contribution is -0.143. The van der Waals surface area contributed by atoms with Crippen LogP contribution in [0.15, 0.2) is 24.3 Å². The van der Waals surface area contributed by atoms with Gasteiger partial charge in [0.25, 0.3) is 0 Å². The minimum Gasteiger partial charge on any atom is -0.367 e. The normalized spacial score (nSPS) is 19.3. The zero-order valence-electron chi connectivity index (χ0n) is 13.9. The highest BCUT2D eigenvalue weighted by Gasteiger charge is 2.33. The third-order valence-electron chi connectivity index (χ3n) is 4.89. The number of hydrogen-bond acceptors (Lipinski definition) is 4. The molecule has 3 rings (SSSR count). The molecule has 0 aliphatic carbocycles. The molecule has 1 atom stereocenters. The molecule has 0 spiro atoms. The fourth-order valence-corrected chi connectivity index (χ4v) is 3.49. The summed E-state index contributed by atoms with van der Waals surface area (Å²) in [6.45, 7) is 5.14. The fraction of sp³-hybridized carbons (Fsp3) is 0.500. The highest BCUT2D eigenvalue weighted by atomic mass is 16.2. The van der Waals surface area contributed by atoms with Gasteiger partial charge in [-0.1, -0.05) is 12.1 Å². The van der Waals surface area contributed by atoms with Gasteiger partial charge in [0, 0.05) is 39.1 Å². The number of carbonyl (C=O) groups is 2. The first-order valence-electron chi connectivity index (χ1n) is 8.44. The molecule has 2 aliphatic heterocycles. The number of nitrogens with zero attached hydrogens (tertiary/aromatic N) is 4. The van der Waals surface area contributed by atoms with Crippen LogP contribution < -0.4 is 4.90 Å². The van der Waals surface area contributed by atoms with Crippen LogP contribution in [0.1, 0.15) is 25.3 Å². The summed E-state index contributed by atoms with van der Waals surface area (Å²) in [6.07, 6.45) is 1.39. The van der Waals surface area contributed by atoms with Crippen molar-refractivity contribution in [2.45, 2.75) is 25.8 Å². The Morgan fingerprint density at radius 1 is 1.17 bits per heavy atom. The summed E-state index contributed by atoms with van der Waals surface area (Å²) >= 11 is 0. The summed E-state index contributed by atoms with van der Waals surface area (Å²) in [5.74, 6) is 0.107. The smallest absolute Gasteiger partial charge is 0.245 e. The Hall–Kier alpha value is -2.55. The second kappa shape index (κ2) is 6.91. The lowest BCUT2D eigenvalue weighted by Gasteiger charge is -2.38. The van der Waals surface area contributed by atoms with E-state index in [9.17, 15) is 14.9 Å². The zero-order chi connectivity index (χ0) is 17.1. The van der Waals surface area contributed by atoms with Crippen molar-refractivity contribution in [1.29, 1.82) is 5.26 Å². The van der Waals surface area contributed by atoms with Crippen molar-refractivity contribution in [2.75, 3.05) is 37.6 Å². The largest absolute Gasteiger partial charge is 0.367 e. The van der Waals surface area contributed by atoms with Crippen LogP contribution in [0.2, 0.25) is 0 Å². The van der Waals surface area contributed by atoms with Gasteiger partial charge in [-0.25, -0.2) is 0 Å². The van der Waals surface area contributed by atoms with Gasteiger partial charge in [-0.2, -0.15) is 5.26 Å². The molecule has 0 aromatic heterocycles. The Morgan fingerprint density at radius 3 is 2.50 bits per heavy atom. The van der Waals surface area contributed by atoms with Crippen LogP contribution >= 0.6 is 0 Å². The number of para-hydroxylation sites is 1. The van der Waals surface area contributed by atoms with E-state index in [0.29, 0.717) is 44.7 Å². The number of piperazine rings is 1. The van der Waals surface area contributed by atoms with Gasteiger partial charge in [-0.05, 0) is 25.5 Å². The van der Waals surface area contributed by atoms with Crippen molar-refractivity contribution in [2.24, 2.45) is 0 Å². The number of likely N-dealkylation sites (tertiary alicyclic amines) is 1. The molecule has 1 unspecified atom stereocenters. The minimum atomic E-state index is -0.377. The van der Waals surface area contributed by atoms with Crippen LogP contribution in [0, 0.1) is 11.3 Å². The van der Waals surface area contributed by atoms with E-state index in [2.05, 4.69) is 11.0 Å². The molecule has 2 amide bonds. The van der Waals surface area contributed by atoms with Crippen LogP contribution in [0.4, 0.5) is 5.69 Å². The molecule has 0 radical (unpaired) electrons. The van der Waals surface area contributed by atoms with E-state index < -0.39 is 0 Å².